The van der Waals surface area contributed by atoms with Crippen LogP contribution in [-0.2, 0) is 11.3 Å². The minimum Gasteiger partial charge on any atom is -0.326 e. The van der Waals surface area contributed by atoms with E-state index in [9.17, 15) is 4.79 Å². The molecule has 1 aliphatic rings. The van der Waals surface area contributed by atoms with Gasteiger partial charge in [-0.25, -0.2) is 0 Å². The highest BCUT2D eigenvalue weighted by molar-refractivity contribution is 5.97. The Balaban J connectivity index is 2.03. The average molecular weight is 232 g/mol. The van der Waals surface area contributed by atoms with Gasteiger partial charge < -0.3 is 10.6 Å². The number of amides is 1. The Morgan fingerprint density at radius 1 is 1.41 bits per heavy atom. The van der Waals surface area contributed by atoms with Crippen molar-refractivity contribution in [1.82, 2.24) is 5.32 Å². The van der Waals surface area contributed by atoms with Crippen LogP contribution in [-0.4, -0.2) is 13.0 Å². The highest BCUT2D eigenvalue weighted by atomic mass is 16.2. The normalized spacial score (nSPS) is 16.6. The zero-order valence-electron chi connectivity index (χ0n) is 10.5. The zero-order chi connectivity index (χ0) is 12.3. The van der Waals surface area contributed by atoms with Gasteiger partial charge in [0.2, 0.25) is 5.91 Å². The number of hydrogen-bond acceptors (Lipinski definition) is 2. The molecule has 0 aromatic heterocycles. The molecule has 2 rings (SSSR count). The maximum Gasteiger partial charge on any atom is 0.230 e. The van der Waals surface area contributed by atoms with E-state index >= 15 is 0 Å². The average Bonchev–Trinajstić information content (AvgIpc) is 3.11. The number of benzene rings is 1. The number of carbonyl (C=O) groups excluding carboxylic acids is 1. The summed E-state index contributed by atoms with van der Waals surface area (Å²) < 4.78 is 0. The molecule has 17 heavy (non-hydrogen) atoms. The first kappa shape index (κ1) is 12.1. The van der Waals surface area contributed by atoms with Crippen LogP contribution < -0.4 is 10.6 Å². The maximum absolute atomic E-state index is 12.1. The van der Waals surface area contributed by atoms with E-state index in [2.05, 4.69) is 23.6 Å². The fraction of sp³-hybridized carbons (Fsp3) is 0.500. The molecule has 0 saturated heterocycles. The van der Waals surface area contributed by atoms with Gasteiger partial charge >= 0.3 is 0 Å². The molecule has 1 amide bonds. The fourth-order valence-electron chi connectivity index (χ4n) is 2.12. The predicted octanol–water partition coefficient (Wildman–Crippen LogP) is 2.53. The van der Waals surface area contributed by atoms with Gasteiger partial charge in [-0.3, -0.25) is 4.79 Å². The second-order valence-corrected chi connectivity index (χ2v) is 4.82. The van der Waals surface area contributed by atoms with E-state index in [0.717, 1.165) is 31.5 Å². The van der Waals surface area contributed by atoms with Crippen LogP contribution in [0, 0.1) is 5.41 Å². The van der Waals surface area contributed by atoms with Crippen LogP contribution in [0.1, 0.15) is 31.7 Å². The molecule has 0 atom stereocenters. The van der Waals surface area contributed by atoms with Crippen LogP contribution in [0.5, 0.6) is 0 Å². The minimum atomic E-state index is -0.0704. The Hall–Kier alpha value is -1.35. The molecule has 0 bridgehead atoms. The highest BCUT2D eigenvalue weighted by Gasteiger charge is 2.47. The molecule has 1 aromatic rings. The second-order valence-electron chi connectivity index (χ2n) is 4.82. The van der Waals surface area contributed by atoms with Crippen molar-refractivity contribution in [2.75, 3.05) is 12.4 Å². The fourth-order valence-corrected chi connectivity index (χ4v) is 2.12. The van der Waals surface area contributed by atoms with Crippen molar-refractivity contribution >= 4 is 11.6 Å². The summed E-state index contributed by atoms with van der Waals surface area (Å²) in [5, 5.41) is 6.13. The van der Waals surface area contributed by atoms with Gasteiger partial charge in [0.1, 0.15) is 0 Å². The number of hydrogen-bond donors (Lipinski definition) is 2. The standard InChI is InChI=1S/C14H20N2O/c1-3-14(7-8-14)13(17)16-12-6-4-5-11(9-12)10-15-2/h4-6,9,15H,3,7-8,10H2,1-2H3,(H,16,17). The maximum atomic E-state index is 12.1. The largest absolute Gasteiger partial charge is 0.326 e. The van der Waals surface area contributed by atoms with Crippen LogP contribution in [0.25, 0.3) is 0 Å². The Kier molecular flexibility index (Phi) is 3.48. The summed E-state index contributed by atoms with van der Waals surface area (Å²) in [6.07, 6.45) is 3.01. The van der Waals surface area contributed by atoms with Gasteiger partial charge in [-0.2, -0.15) is 0 Å². The second kappa shape index (κ2) is 4.88. The summed E-state index contributed by atoms with van der Waals surface area (Å²) in [6.45, 7) is 2.91. The molecule has 0 unspecified atom stereocenters. The molecular weight excluding hydrogens is 212 g/mol. The number of rotatable bonds is 5. The Labute approximate surface area is 103 Å². The molecule has 1 aliphatic carbocycles. The van der Waals surface area contributed by atoms with E-state index in [1.54, 1.807) is 0 Å². The quantitative estimate of drug-likeness (QED) is 0.819. The van der Waals surface area contributed by atoms with E-state index in [1.165, 1.54) is 5.56 Å². The molecule has 92 valence electrons. The van der Waals surface area contributed by atoms with Crippen molar-refractivity contribution in [2.45, 2.75) is 32.7 Å². The molecule has 3 heteroatoms. The number of nitrogens with one attached hydrogen (secondary N) is 2. The third-order valence-electron chi connectivity index (χ3n) is 3.58. The van der Waals surface area contributed by atoms with E-state index in [1.807, 2.05) is 25.2 Å². The molecule has 1 saturated carbocycles. The summed E-state index contributed by atoms with van der Waals surface area (Å²) in [5.41, 5.74) is 2.02. The molecule has 1 fully saturated rings. The van der Waals surface area contributed by atoms with Gasteiger partial charge in [0, 0.05) is 17.6 Å². The molecule has 0 spiro atoms. The third-order valence-corrected chi connectivity index (χ3v) is 3.58. The lowest BCUT2D eigenvalue weighted by molar-refractivity contribution is -0.121. The van der Waals surface area contributed by atoms with E-state index < -0.39 is 0 Å². The van der Waals surface area contributed by atoms with Gasteiger partial charge in [-0.05, 0) is 44.0 Å². The van der Waals surface area contributed by atoms with Crippen molar-refractivity contribution in [3.8, 4) is 0 Å². The highest BCUT2D eigenvalue weighted by Crippen LogP contribution is 2.49. The summed E-state index contributed by atoms with van der Waals surface area (Å²) in [4.78, 5) is 12.1. The van der Waals surface area contributed by atoms with Crippen LogP contribution in [0.4, 0.5) is 5.69 Å². The predicted molar refractivity (Wildman–Crippen MR) is 69.8 cm³/mol. The van der Waals surface area contributed by atoms with Crippen molar-refractivity contribution < 1.29 is 4.79 Å². The summed E-state index contributed by atoms with van der Waals surface area (Å²) in [6, 6.07) is 8.01. The first-order chi connectivity index (χ1) is 8.20. The van der Waals surface area contributed by atoms with E-state index in [-0.39, 0.29) is 11.3 Å². The smallest absolute Gasteiger partial charge is 0.230 e. The lowest BCUT2D eigenvalue weighted by atomic mass is 10.0. The topological polar surface area (TPSA) is 41.1 Å². The molecule has 1 aromatic carbocycles. The molecule has 3 nitrogen and oxygen atoms in total. The first-order valence-electron chi connectivity index (χ1n) is 6.25. The van der Waals surface area contributed by atoms with Crippen LogP contribution in [0.15, 0.2) is 24.3 Å². The van der Waals surface area contributed by atoms with Crippen LogP contribution in [0.2, 0.25) is 0 Å². The Morgan fingerprint density at radius 2 is 2.18 bits per heavy atom. The molecule has 0 aliphatic heterocycles. The number of anilines is 1. The van der Waals surface area contributed by atoms with Gasteiger partial charge in [0.05, 0.1) is 0 Å². The summed E-state index contributed by atoms with van der Waals surface area (Å²) in [7, 11) is 1.92. The van der Waals surface area contributed by atoms with Crippen molar-refractivity contribution in [3.05, 3.63) is 29.8 Å². The van der Waals surface area contributed by atoms with E-state index in [4.69, 9.17) is 0 Å². The SMILES string of the molecule is CCC1(C(=O)Nc2cccc(CNC)c2)CC1. The van der Waals surface area contributed by atoms with Gasteiger partial charge in [-0.1, -0.05) is 19.1 Å². The number of carbonyl (C=O) groups is 1. The summed E-state index contributed by atoms with van der Waals surface area (Å²) >= 11 is 0. The Morgan fingerprint density at radius 3 is 2.76 bits per heavy atom. The molecule has 0 radical (unpaired) electrons. The van der Waals surface area contributed by atoms with Crippen LogP contribution >= 0.6 is 0 Å². The minimum absolute atomic E-state index is 0.0704. The molecule has 0 heterocycles. The summed E-state index contributed by atoms with van der Waals surface area (Å²) in [5.74, 6) is 0.182. The van der Waals surface area contributed by atoms with Crippen molar-refractivity contribution in [1.29, 1.82) is 0 Å². The molecule has 2 N–H and O–H groups in total. The van der Waals surface area contributed by atoms with Crippen LogP contribution in [0.3, 0.4) is 0 Å². The van der Waals surface area contributed by atoms with Crippen molar-refractivity contribution in [2.24, 2.45) is 5.41 Å². The lowest BCUT2D eigenvalue weighted by Gasteiger charge is -2.13. The van der Waals surface area contributed by atoms with Gasteiger partial charge in [-0.15, -0.1) is 0 Å². The Bertz CT molecular complexity index is 410. The zero-order valence-corrected chi connectivity index (χ0v) is 10.5. The van der Waals surface area contributed by atoms with E-state index in [0.29, 0.717) is 0 Å². The molecular formula is C14H20N2O. The first-order valence-corrected chi connectivity index (χ1v) is 6.25. The third kappa shape index (κ3) is 2.67. The monoisotopic (exact) mass is 232 g/mol. The van der Waals surface area contributed by atoms with Gasteiger partial charge in [0.25, 0.3) is 0 Å². The van der Waals surface area contributed by atoms with Gasteiger partial charge in [0.15, 0.2) is 0 Å². The lowest BCUT2D eigenvalue weighted by Crippen LogP contribution is -2.23. The van der Waals surface area contributed by atoms with Crippen molar-refractivity contribution in [3.63, 3.8) is 0 Å².